The van der Waals surface area contributed by atoms with Crippen LogP contribution in [0.15, 0.2) is 36.5 Å². The average molecular weight is 274 g/mol. The maximum atomic E-state index is 13.6. The van der Waals surface area contributed by atoms with Crippen molar-refractivity contribution in [3.05, 3.63) is 59.2 Å². The molecule has 5 nitrogen and oxygen atoms in total. The molecule has 0 atom stereocenters. The van der Waals surface area contributed by atoms with Crippen LogP contribution < -0.4 is 5.32 Å². The van der Waals surface area contributed by atoms with Gasteiger partial charge in [-0.05, 0) is 36.8 Å². The average Bonchev–Trinajstić information content (AvgIpc) is 2.39. The number of carbonyl (C=O) groups is 2. The lowest BCUT2D eigenvalue weighted by atomic mass is 10.1. The second-order valence-corrected chi connectivity index (χ2v) is 4.17. The fourth-order valence-corrected chi connectivity index (χ4v) is 1.60. The maximum absolute atomic E-state index is 13.6. The van der Waals surface area contributed by atoms with Gasteiger partial charge in [0, 0.05) is 0 Å². The molecule has 1 aromatic carbocycles. The number of amides is 1. The van der Waals surface area contributed by atoms with E-state index in [-0.39, 0.29) is 11.3 Å². The Morgan fingerprint density at radius 1 is 1.25 bits per heavy atom. The van der Waals surface area contributed by atoms with E-state index >= 15 is 0 Å². The van der Waals surface area contributed by atoms with Crippen LogP contribution in [0.4, 0.5) is 10.1 Å². The maximum Gasteiger partial charge on any atom is 0.354 e. The zero-order chi connectivity index (χ0) is 14.7. The van der Waals surface area contributed by atoms with Crippen molar-refractivity contribution in [3.63, 3.8) is 0 Å². The minimum absolute atomic E-state index is 0.0853. The molecule has 0 spiro atoms. The number of hydrogen-bond donors (Lipinski definition) is 2. The lowest BCUT2D eigenvalue weighted by molar-refractivity contribution is 0.0690. The monoisotopic (exact) mass is 274 g/mol. The smallest absolute Gasteiger partial charge is 0.354 e. The highest BCUT2D eigenvalue weighted by molar-refractivity contribution is 6.04. The molecule has 0 aliphatic carbocycles. The van der Waals surface area contributed by atoms with Gasteiger partial charge in [-0.15, -0.1) is 0 Å². The molecule has 1 aromatic heterocycles. The third-order valence-electron chi connectivity index (χ3n) is 2.61. The highest BCUT2D eigenvalue weighted by Gasteiger charge is 2.12. The molecule has 0 bridgehead atoms. The number of aryl methyl sites for hydroxylation is 1. The number of halogens is 1. The molecule has 2 rings (SSSR count). The molecule has 102 valence electrons. The first-order valence-corrected chi connectivity index (χ1v) is 5.74. The Hall–Kier alpha value is -2.76. The number of nitrogens with zero attached hydrogens (tertiary/aromatic N) is 1. The Morgan fingerprint density at radius 3 is 2.55 bits per heavy atom. The zero-order valence-corrected chi connectivity index (χ0v) is 10.6. The van der Waals surface area contributed by atoms with E-state index in [2.05, 4.69) is 10.3 Å². The van der Waals surface area contributed by atoms with Gasteiger partial charge in [-0.2, -0.15) is 0 Å². The van der Waals surface area contributed by atoms with Gasteiger partial charge in [-0.25, -0.2) is 14.2 Å². The number of aromatic carboxylic acids is 1. The Morgan fingerprint density at radius 2 is 2.00 bits per heavy atom. The van der Waals surface area contributed by atoms with Crippen LogP contribution in [0.5, 0.6) is 0 Å². The Bertz CT molecular complexity index is 669. The van der Waals surface area contributed by atoms with Crippen LogP contribution in [0.3, 0.4) is 0 Å². The van der Waals surface area contributed by atoms with E-state index in [0.29, 0.717) is 11.3 Å². The molecule has 0 saturated carbocycles. The van der Waals surface area contributed by atoms with Crippen LogP contribution in [-0.4, -0.2) is 22.0 Å². The lowest BCUT2D eigenvalue weighted by Gasteiger charge is -2.06. The quantitative estimate of drug-likeness (QED) is 0.901. The van der Waals surface area contributed by atoms with Crippen LogP contribution in [0.25, 0.3) is 0 Å². The van der Waals surface area contributed by atoms with E-state index < -0.39 is 17.7 Å². The number of rotatable bonds is 3. The number of benzene rings is 1. The Kier molecular flexibility index (Phi) is 3.74. The standard InChI is InChI=1S/C14H11FN2O3/c1-8-2-4-10(11(15)6-8)13(18)17-9-3-5-12(14(19)20)16-7-9/h2-7H,1H3,(H,17,18)(H,19,20). The van der Waals surface area contributed by atoms with E-state index in [4.69, 9.17) is 5.11 Å². The fourth-order valence-electron chi connectivity index (χ4n) is 1.60. The number of carboxylic acids is 1. The van der Waals surface area contributed by atoms with Gasteiger partial charge >= 0.3 is 5.97 Å². The van der Waals surface area contributed by atoms with Crippen LogP contribution in [0.2, 0.25) is 0 Å². The number of nitrogens with one attached hydrogen (secondary N) is 1. The van der Waals surface area contributed by atoms with Gasteiger partial charge in [0.1, 0.15) is 11.5 Å². The van der Waals surface area contributed by atoms with Gasteiger partial charge in [-0.1, -0.05) is 6.07 Å². The zero-order valence-electron chi connectivity index (χ0n) is 10.6. The van der Waals surface area contributed by atoms with Crippen molar-refractivity contribution in [2.75, 3.05) is 5.32 Å². The third-order valence-corrected chi connectivity index (χ3v) is 2.61. The summed E-state index contributed by atoms with van der Waals surface area (Å²) in [7, 11) is 0. The minimum atomic E-state index is -1.16. The predicted molar refractivity (Wildman–Crippen MR) is 70.3 cm³/mol. The summed E-state index contributed by atoms with van der Waals surface area (Å²) >= 11 is 0. The van der Waals surface area contributed by atoms with Crippen molar-refractivity contribution in [2.24, 2.45) is 0 Å². The SMILES string of the molecule is Cc1ccc(C(=O)Nc2ccc(C(=O)O)nc2)c(F)c1. The van der Waals surface area contributed by atoms with Crippen molar-refractivity contribution < 1.29 is 19.1 Å². The second kappa shape index (κ2) is 5.48. The first kappa shape index (κ1) is 13.7. The van der Waals surface area contributed by atoms with Crippen LogP contribution in [0.1, 0.15) is 26.4 Å². The predicted octanol–water partition coefficient (Wildman–Crippen LogP) is 2.48. The van der Waals surface area contributed by atoms with Gasteiger partial charge in [0.15, 0.2) is 0 Å². The van der Waals surface area contributed by atoms with Crippen molar-refractivity contribution in [2.45, 2.75) is 6.92 Å². The summed E-state index contributed by atoms with van der Waals surface area (Å²) in [5, 5.41) is 11.1. The van der Waals surface area contributed by atoms with E-state index in [1.54, 1.807) is 13.0 Å². The molecule has 0 fully saturated rings. The van der Waals surface area contributed by atoms with E-state index in [9.17, 15) is 14.0 Å². The van der Waals surface area contributed by atoms with Gasteiger partial charge in [-0.3, -0.25) is 4.79 Å². The molecule has 1 amide bonds. The molecule has 0 aliphatic heterocycles. The van der Waals surface area contributed by atoms with Crippen LogP contribution in [0, 0.1) is 12.7 Å². The van der Waals surface area contributed by atoms with E-state index in [1.165, 1.54) is 30.5 Å². The molecule has 2 N–H and O–H groups in total. The summed E-state index contributed by atoms with van der Waals surface area (Å²) < 4.78 is 13.6. The summed E-state index contributed by atoms with van der Waals surface area (Å²) in [5.74, 6) is -2.39. The summed E-state index contributed by atoms with van der Waals surface area (Å²) in [6, 6.07) is 6.92. The van der Waals surface area contributed by atoms with Crippen molar-refractivity contribution >= 4 is 17.6 Å². The number of hydrogen-bond acceptors (Lipinski definition) is 3. The van der Waals surface area contributed by atoms with Gasteiger partial charge in [0.25, 0.3) is 5.91 Å². The number of aromatic nitrogens is 1. The van der Waals surface area contributed by atoms with E-state index in [0.717, 1.165) is 0 Å². The topological polar surface area (TPSA) is 79.3 Å². The molecule has 20 heavy (non-hydrogen) atoms. The summed E-state index contributed by atoms with van der Waals surface area (Å²) in [4.78, 5) is 26.2. The Labute approximate surface area is 114 Å². The van der Waals surface area contributed by atoms with Crippen molar-refractivity contribution in [1.82, 2.24) is 4.98 Å². The minimum Gasteiger partial charge on any atom is -0.477 e. The Balaban J connectivity index is 2.17. The summed E-state index contributed by atoms with van der Waals surface area (Å²) in [6.45, 7) is 1.72. The first-order valence-electron chi connectivity index (χ1n) is 5.74. The number of carbonyl (C=O) groups excluding carboxylic acids is 1. The number of pyridine rings is 1. The molecule has 6 heteroatoms. The molecule has 0 unspecified atom stereocenters. The first-order chi connectivity index (χ1) is 9.47. The van der Waals surface area contributed by atoms with Gasteiger partial charge in [0.2, 0.25) is 0 Å². The fraction of sp³-hybridized carbons (Fsp3) is 0.0714. The molecule has 0 radical (unpaired) electrons. The highest BCUT2D eigenvalue weighted by atomic mass is 19.1. The number of carboxylic acid groups (broad SMARTS) is 1. The molecular formula is C14H11FN2O3. The third kappa shape index (κ3) is 2.97. The molecular weight excluding hydrogens is 263 g/mol. The molecule has 1 heterocycles. The lowest BCUT2D eigenvalue weighted by Crippen LogP contribution is -2.14. The summed E-state index contributed by atoms with van der Waals surface area (Å²) in [5.41, 5.74) is 0.786. The van der Waals surface area contributed by atoms with Crippen LogP contribution >= 0.6 is 0 Å². The molecule has 2 aromatic rings. The normalized spacial score (nSPS) is 10.1. The summed E-state index contributed by atoms with van der Waals surface area (Å²) in [6.07, 6.45) is 1.20. The van der Waals surface area contributed by atoms with Gasteiger partial charge in [0.05, 0.1) is 17.4 Å². The highest BCUT2D eigenvalue weighted by Crippen LogP contribution is 2.13. The van der Waals surface area contributed by atoms with Gasteiger partial charge < -0.3 is 10.4 Å². The van der Waals surface area contributed by atoms with Crippen LogP contribution in [-0.2, 0) is 0 Å². The molecule has 0 saturated heterocycles. The van der Waals surface area contributed by atoms with E-state index in [1.807, 2.05) is 0 Å². The molecule has 0 aliphatic rings. The number of anilines is 1. The second-order valence-electron chi connectivity index (χ2n) is 4.17. The van der Waals surface area contributed by atoms with Crippen molar-refractivity contribution in [3.8, 4) is 0 Å². The van der Waals surface area contributed by atoms with Crippen molar-refractivity contribution in [1.29, 1.82) is 0 Å². The largest absolute Gasteiger partial charge is 0.477 e.